The van der Waals surface area contributed by atoms with Crippen LogP contribution >= 0.6 is 11.3 Å². The summed E-state index contributed by atoms with van der Waals surface area (Å²) in [6.45, 7) is 6.96. The molecule has 2 unspecified atom stereocenters. The van der Waals surface area contributed by atoms with E-state index >= 15 is 0 Å². The Morgan fingerprint density at radius 2 is 2.24 bits per heavy atom. The first-order valence-electron chi connectivity index (χ1n) is 9.39. The second-order valence-corrected chi connectivity index (χ2v) is 8.81. The highest BCUT2D eigenvalue weighted by atomic mass is 32.1. The Kier molecular flexibility index (Phi) is 5.03. The van der Waals surface area contributed by atoms with Gasteiger partial charge in [0.2, 0.25) is 5.91 Å². The van der Waals surface area contributed by atoms with E-state index in [1.165, 1.54) is 37.5 Å². The number of amides is 1. The van der Waals surface area contributed by atoms with Crippen molar-refractivity contribution in [2.24, 2.45) is 22.9 Å². The molecule has 136 valence electrons. The standard InChI is InChI=1S/C18H27N5OS/c1-13(24)21-18-19-8-17(25-18)12-22-6-2-3-14(9-22)10-23-11-16(7-20-23)15-4-5-15/h7-8,14-16H,2-6,9-12H2,1H3,(H,19,21,24). The molecule has 1 N–H and O–H groups in total. The molecule has 1 saturated heterocycles. The van der Waals surface area contributed by atoms with Gasteiger partial charge in [-0.2, -0.15) is 5.10 Å². The van der Waals surface area contributed by atoms with Crippen LogP contribution in [0, 0.1) is 17.8 Å². The van der Waals surface area contributed by atoms with Crippen molar-refractivity contribution < 1.29 is 4.79 Å². The third-order valence-corrected chi connectivity index (χ3v) is 6.26. The maximum atomic E-state index is 11.1. The zero-order valence-electron chi connectivity index (χ0n) is 14.9. The molecular weight excluding hydrogens is 334 g/mol. The van der Waals surface area contributed by atoms with Gasteiger partial charge in [0.05, 0.1) is 0 Å². The maximum absolute atomic E-state index is 11.1. The highest BCUT2D eigenvalue weighted by molar-refractivity contribution is 7.15. The van der Waals surface area contributed by atoms with Crippen molar-refractivity contribution in [2.45, 2.75) is 39.2 Å². The number of anilines is 1. The SMILES string of the molecule is CC(=O)Nc1ncc(CN2CCCC(CN3CC(C4CC4)C=N3)C2)s1. The number of thiazole rings is 1. The molecule has 2 aliphatic heterocycles. The van der Waals surface area contributed by atoms with Crippen LogP contribution in [0.3, 0.4) is 0 Å². The summed E-state index contributed by atoms with van der Waals surface area (Å²) in [5.41, 5.74) is 0. The van der Waals surface area contributed by atoms with Crippen LogP contribution in [0.25, 0.3) is 0 Å². The molecule has 7 heteroatoms. The van der Waals surface area contributed by atoms with E-state index in [1.54, 1.807) is 11.3 Å². The van der Waals surface area contributed by atoms with Gasteiger partial charge < -0.3 is 5.32 Å². The highest BCUT2D eigenvalue weighted by Gasteiger charge is 2.34. The molecule has 6 nitrogen and oxygen atoms in total. The van der Waals surface area contributed by atoms with Crippen molar-refractivity contribution in [2.75, 3.05) is 31.5 Å². The van der Waals surface area contributed by atoms with Crippen LogP contribution in [0.4, 0.5) is 5.13 Å². The zero-order valence-corrected chi connectivity index (χ0v) is 15.7. The molecule has 0 spiro atoms. The van der Waals surface area contributed by atoms with E-state index in [9.17, 15) is 4.79 Å². The van der Waals surface area contributed by atoms with E-state index < -0.39 is 0 Å². The fourth-order valence-corrected chi connectivity index (χ4v) is 4.89. The molecule has 4 rings (SSSR count). The van der Waals surface area contributed by atoms with Crippen LogP contribution in [0.15, 0.2) is 11.3 Å². The smallest absolute Gasteiger partial charge is 0.223 e. The Morgan fingerprint density at radius 3 is 3.04 bits per heavy atom. The van der Waals surface area contributed by atoms with Crippen LogP contribution in [-0.4, -0.2) is 53.2 Å². The first kappa shape index (κ1) is 17.0. The van der Waals surface area contributed by atoms with Crippen molar-refractivity contribution >= 4 is 28.6 Å². The normalized spacial score (nSPS) is 27.0. The minimum absolute atomic E-state index is 0.0605. The number of piperidine rings is 1. The van der Waals surface area contributed by atoms with E-state index in [2.05, 4.69) is 31.5 Å². The summed E-state index contributed by atoms with van der Waals surface area (Å²) in [7, 11) is 0. The second kappa shape index (κ2) is 7.41. The van der Waals surface area contributed by atoms with Crippen molar-refractivity contribution in [3.8, 4) is 0 Å². The Bertz CT molecular complexity index is 641. The van der Waals surface area contributed by atoms with E-state index in [1.807, 2.05) is 6.20 Å². The largest absolute Gasteiger partial charge is 0.302 e. The van der Waals surface area contributed by atoms with Gasteiger partial charge in [0.1, 0.15) is 0 Å². The Morgan fingerprint density at radius 1 is 1.36 bits per heavy atom. The first-order valence-corrected chi connectivity index (χ1v) is 10.2. The molecule has 1 amide bonds. The number of nitrogens with zero attached hydrogens (tertiary/aromatic N) is 4. The fourth-order valence-electron chi connectivity index (χ4n) is 3.99. The lowest BCUT2D eigenvalue weighted by atomic mass is 9.97. The van der Waals surface area contributed by atoms with Crippen LogP contribution in [0.1, 0.15) is 37.5 Å². The van der Waals surface area contributed by atoms with Crippen molar-refractivity contribution in [3.05, 3.63) is 11.1 Å². The predicted molar refractivity (Wildman–Crippen MR) is 101 cm³/mol. The number of likely N-dealkylation sites (tertiary alicyclic amines) is 1. The molecule has 3 aliphatic rings. The van der Waals surface area contributed by atoms with Gasteiger partial charge in [-0.25, -0.2) is 4.98 Å². The first-order chi connectivity index (χ1) is 12.2. The van der Waals surface area contributed by atoms with Crippen LogP contribution in [-0.2, 0) is 11.3 Å². The van der Waals surface area contributed by atoms with Gasteiger partial charge in [-0.1, -0.05) is 0 Å². The Labute approximate surface area is 153 Å². The Hall–Kier alpha value is -1.47. The number of nitrogens with one attached hydrogen (secondary N) is 1. The van der Waals surface area contributed by atoms with E-state index in [-0.39, 0.29) is 5.91 Å². The van der Waals surface area contributed by atoms with Gasteiger partial charge in [-0.3, -0.25) is 14.7 Å². The van der Waals surface area contributed by atoms with Gasteiger partial charge in [-0.05, 0) is 44.1 Å². The quantitative estimate of drug-likeness (QED) is 0.846. The van der Waals surface area contributed by atoms with Crippen LogP contribution in [0.5, 0.6) is 0 Å². The molecule has 1 aromatic rings. The third kappa shape index (κ3) is 4.58. The molecule has 2 atom stereocenters. The number of carbonyl (C=O) groups excluding carboxylic acids is 1. The molecule has 0 radical (unpaired) electrons. The topological polar surface area (TPSA) is 60.8 Å². The van der Waals surface area contributed by atoms with Crippen LogP contribution in [0.2, 0.25) is 0 Å². The van der Waals surface area contributed by atoms with Gasteiger partial charge in [-0.15, -0.1) is 11.3 Å². The average Bonchev–Trinajstić information content (AvgIpc) is 3.17. The summed E-state index contributed by atoms with van der Waals surface area (Å²) in [6, 6.07) is 0. The lowest BCUT2D eigenvalue weighted by Crippen LogP contribution is -2.39. The maximum Gasteiger partial charge on any atom is 0.223 e. The summed E-state index contributed by atoms with van der Waals surface area (Å²) in [5, 5.41) is 10.4. The van der Waals surface area contributed by atoms with Gasteiger partial charge in [0.25, 0.3) is 0 Å². The molecule has 25 heavy (non-hydrogen) atoms. The van der Waals surface area contributed by atoms with Crippen molar-refractivity contribution in [3.63, 3.8) is 0 Å². The van der Waals surface area contributed by atoms with Gasteiger partial charge in [0.15, 0.2) is 5.13 Å². The van der Waals surface area contributed by atoms with E-state index in [0.29, 0.717) is 17.0 Å². The number of rotatable bonds is 6. The van der Waals surface area contributed by atoms with E-state index in [0.717, 1.165) is 38.6 Å². The number of carbonyl (C=O) groups is 1. The summed E-state index contributed by atoms with van der Waals surface area (Å²) in [6.07, 6.45) is 9.44. The van der Waals surface area contributed by atoms with Crippen molar-refractivity contribution in [1.82, 2.24) is 14.9 Å². The fraction of sp³-hybridized carbons (Fsp3) is 0.722. The average molecular weight is 362 g/mol. The lowest BCUT2D eigenvalue weighted by molar-refractivity contribution is -0.114. The number of aromatic nitrogens is 1. The molecule has 0 aromatic carbocycles. The molecule has 1 aromatic heterocycles. The highest BCUT2D eigenvalue weighted by Crippen LogP contribution is 2.38. The number of hydrogen-bond donors (Lipinski definition) is 1. The van der Waals surface area contributed by atoms with E-state index in [4.69, 9.17) is 0 Å². The van der Waals surface area contributed by atoms with Gasteiger partial charge in [0, 0.05) is 56.3 Å². The monoisotopic (exact) mass is 361 g/mol. The Balaban J connectivity index is 1.25. The molecule has 1 saturated carbocycles. The number of hydrazone groups is 1. The summed E-state index contributed by atoms with van der Waals surface area (Å²) < 4.78 is 0. The summed E-state index contributed by atoms with van der Waals surface area (Å²) >= 11 is 1.58. The number of hydrogen-bond acceptors (Lipinski definition) is 6. The molecule has 0 bridgehead atoms. The summed E-state index contributed by atoms with van der Waals surface area (Å²) in [4.78, 5) is 19.2. The zero-order chi connectivity index (χ0) is 17.2. The van der Waals surface area contributed by atoms with Gasteiger partial charge >= 0.3 is 0 Å². The molecule has 1 aliphatic carbocycles. The van der Waals surface area contributed by atoms with Crippen molar-refractivity contribution in [1.29, 1.82) is 0 Å². The lowest BCUT2D eigenvalue weighted by Gasteiger charge is -2.34. The third-order valence-electron chi connectivity index (χ3n) is 5.36. The molecular formula is C18H27N5OS. The molecule has 2 fully saturated rings. The predicted octanol–water partition coefficient (Wildman–Crippen LogP) is 2.64. The summed E-state index contributed by atoms with van der Waals surface area (Å²) in [5.74, 6) is 2.27. The minimum Gasteiger partial charge on any atom is -0.302 e. The van der Waals surface area contributed by atoms with Crippen LogP contribution < -0.4 is 5.32 Å². The second-order valence-electron chi connectivity index (χ2n) is 7.69. The molecule has 3 heterocycles. The minimum atomic E-state index is -0.0605.